The lowest BCUT2D eigenvalue weighted by Gasteiger charge is -2.32. The number of hydrogen-bond acceptors (Lipinski definition) is 6. The molecule has 9 nitrogen and oxygen atoms in total. The van der Waals surface area contributed by atoms with E-state index in [0.717, 1.165) is 12.8 Å². The highest BCUT2D eigenvalue weighted by molar-refractivity contribution is 6.01. The van der Waals surface area contributed by atoms with Crippen LogP contribution >= 0.6 is 0 Å². The van der Waals surface area contributed by atoms with E-state index in [4.69, 9.17) is 4.74 Å². The predicted octanol–water partition coefficient (Wildman–Crippen LogP) is 3.04. The topological polar surface area (TPSA) is 114 Å². The van der Waals surface area contributed by atoms with Gasteiger partial charge < -0.3 is 20.3 Å². The molecule has 0 atom stereocenters. The van der Waals surface area contributed by atoms with E-state index in [9.17, 15) is 14.4 Å². The van der Waals surface area contributed by atoms with Crippen LogP contribution in [0, 0.1) is 5.92 Å². The number of benzene rings is 1. The lowest BCUT2D eigenvalue weighted by Crippen LogP contribution is -2.46. The van der Waals surface area contributed by atoms with Crippen molar-refractivity contribution in [1.82, 2.24) is 20.2 Å². The van der Waals surface area contributed by atoms with E-state index in [1.165, 1.54) is 25.2 Å². The number of nitrogens with one attached hydrogen (secondary N) is 2. The molecule has 3 amide bonds. The Hall–Kier alpha value is -3.49. The number of carbonyl (C=O) groups is 3. The third kappa shape index (κ3) is 5.89. The number of likely N-dealkylation sites (tertiary alicyclic amines) is 1. The van der Waals surface area contributed by atoms with Crippen molar-refractivity contribution in [2.45, 2.75) is 51.0 Å². The lowest BCUT2D eigenvalue weighted by atomic mass is 10.0. The van der Waals surface area contributed by atoms with Crippen LogP contribution in [0.25, 0.3) is 0 Å². The summed E-state index contributed by atoms with van der Waals surface area (Å²) in [6, 6.07) is 6.96. The molecule has 34 heavy (non-hydrogen) atoms. The highest BCUT2D eigenvalue weighted by Gasteiger charge is 2.27. The van der Waals surface area contributed by atoms with Crippen LogP contribution < -0.4 is 15.4 Å². The number of piperidine rings is 1. The van der Waals surface area contributed by atoms with Crippen molar-refractivity contribution >= 4 is 23.5 Å². The van der Waals surface area contributed by atoms with Gasteiger partial charge in [-0.25, -0.2) is 9.97 Å². The molecule has 0 unspecified atom stereocenters. The molecule has 2 heterocycles. The molecular formula is C25H31N5O4. The Morgan fingerprint density at radius 2 is 1.68 bits per heavy atom. The fourth-order valence-electron chi connectivity index (χ4n) is 4.65. The molecule has 2 fully saturated rings. The summed E-state index contributed by atoms with van der Waals surface area (Å²) in [7, 11) is 1.59. The highest BCUT2D eigenvalue weighted by atomic mass is 16.5. The van der Waals surface area contributed by atoms with Gasteiger partial charge in [0.25, 0.3) is 11.8 Å². The van der Waals surface area contributed by atoms with Gasteiger partial charge in [-0.05, 0) is 55.9 Å². The number of nitrogens with zero attached hydrogens (tertiary/aromatic N) is 3. The van der Waals surface area contributed by atoms with Crippen LogP contribution in [-0.4, -0.2) is 58.8 Å². The lowest BCUT2D eigenvalue weighted by molar-refractivity contribution is -0.117. The average Bonchev–Trinajstić information content (AvgIpc) is 3.37. The molecule has 9 heteroatoms. The normalized spacial score (nSPS) is 16.8. The molecule has 2 aliphatic rings. The zero-order valence-electron chi connectivity index (χ0n) is 19.5. The monoisotopic (exact) mass is 465 g/mol. The Balaban J connectivity index is 1.30. The minimum Gasteiger partial charge on any atom is -0.497 e. The van der Waals surface area contributed by atoms with Crippen LogP contribution in [0.5, 0.6) is 5.75 Å². The first kappa shape index (κ1) is 23.7. The van der Waals surface area contributed by atoms with Gasteiger partial charge >= 0.3 is 0 Å². The number of anilines is 1. The maximum atomic E-state index is 12.9. The van der Waals surface area contributed by atoms with E-state index in [2.05, 4.69) is 20.6 Å². The SMILES string of the molecule is COc1ccc(C(=O)N2CCC(NC(=O)c3nccnc3NC(=O)CC3CCCC3)CC2)cc1. The fraction of sp³-hybridized carbons (Fsp3) is 0.480. The van der Waals surface area contributed by atoms with Crippen LogP contribution in [0.3, 0.4) is 0 Å². The Kier molecular flexibility index (Phi) is 7.72. The molecule has 4 rings (SSSR count). The molecule has 1 aromatic heterocycles. The first-order valence-electron chi connectivity index (χ1n) is 11.9. The highest BCUT2D eigenvalue weighted by Crippen LogP contribution is 2.28. The zero-order valence-corrected chi connectivity index (χ0v) is 19.5. The molecule has 2 aromatic rings. The van der Waals surface area contributed by atoms with Gasteiger partial charge in [-0.3, -0.25) is 14.4 Å². The first-order valence-corrected chi connectivity index (χ1v) is 11.9. The number of rotatable bonds is 7. The van der Waals surface area contributed by atoms with Gasteiger partial charge in [0.15, 0.2) is 11.5 Å². The molecule has 1 aromatic carbocycles. The van der Waals surface area contributed by atoms with Crippen LogP contribution in [0.1, 0.15) is 65.8 Å². The van der Waals surface area contributed by atoms with Gasteiger partial charge in [-0.2, -0.15) is 0 Å². The Morgan fingerprint density at radius 1 is 1.00 bits per heavy atom. The van der Waals surface area contributed by atoms with Crippen molar-refractivity contribution in [3.63, 3.8) is 0 Å². The molecule has 180 valence electrons. The Morgan fingerprint density at radius 3 is 2.35 bits per heavy atom. The molecule has 1 aliphatic heterocycles. The number of amides is 3. The summed E-state index contributed by atoms with van der Waals surface area (Å²) in [4.78, 5) is 48.2. The number of methoxy groups -OCH3 is 1. The summed E-state index contributed by atoms with van der Waals surface area (Å²) in [5, 5.41) is 5.76. The molecule has 0 bridgehead atoms. The second-order valence-corrected chi connectivity index (χ2v) is 8.92. The second kappa shape index (κ2) is 11.1. The maximum Gasteiger partial charge on any atom is 0.273 e. The summed E-state index contributed by atoms with van der Waals surface area (Å²) in [5.74, 6) is 0.760. The fourth-order valence-corrected chi connectivity index (χ4v) is 4.65. The largest absolute Gasteiger partial charge is 0.497 e. The molecular weight excluding hydrogens is 434 g/mol. The third-order valence-corrected chi connectivity index (χ3v) is 6.57. The average molecular weight is 466 g/mol. The molecule has 0 radical (unpaired) electrons. The Labute approximate surface area is 199 Å². The van der Waals surface area contributed by atoms with Gasteiger partial charge in [0.05, 0.1) is 7.11 Å². The first-order chi connectivity index (χ1) is 16.5. The van der Waals surface area contributed by atoms with E-state index in [1.807, 2.05) is 0 Å². The predicted molar refractivity (Wildman–Crippen MR) is 127 cm³/mol. The van der Waals surface area contributed by atoms with Crippen LogP contribution in [0.4, 0.5) is 5.82 Å². The second-order valence-electron chi connectivity index (χ2n) is 8.92. The summed E-state index contributed by atoms with van der Waals surface area (Å²) < 4.78 is 5.14. The molecule has 2 N–H and O–H groups in total. The molecule has 1 saturated carbocycles. The van der Waals surface area contributed by atoms with E-state index in [1.54, 1.807) is 36.3 Å². The molecule has 1 saturated heterocycles. The third-order valence-electron chi connectivity index (χ3n) is 6.57. The number of hydrogen-bond donors (Lipinski definition) is 2. The molecule has 1 aliphatic carbocycles. The number of ether oxygens (including phenoxy) is 1. The van der Waals surface area contributed by atoms with Gasteiger partial charge in [0.2, 0.25) is 5.91 Å². The maximum absolute atomic E-state index is 12.9. The van der Waals surface area contributed by atoms with E-state index >= 15 is 0 Å². The van der Waals surface area contributed by atoms with Crippen molar-refractivity contribution in [1.29, 1.82) is 0 Å². The van der Waals surface area contributed by atoms with Crippen molar-refractivity contribution in [3.8, 4) is 5.75 Å². The zero-order chi connectivity index (χ0) is 23.9. The Bertz CT molecular complexity index is 1010. The van der Waals surface area contributed by atoms with Crippen LogP contribution in [0.15, 0.2) is 36.7 Å². The number of aromatic nitrogens is 2. The minimum absolute atomic E-state index is 0.0337. The van der Waals surface area contributed by atoms with Crippen molar-refractivity contribution in [3.05, 3.63) is 47.9 Å². The summed E-state index contributed by atoms with van der Waals surface area (Å²) in [5.41, 5.74) is 0.722. The summed E-state index contributed by atoms with van der Waals surface area (Å²) in [6.45, 7) is 1.09. The quantitative estimate of drug-likeness (QED) is 0.650. The van der Waals surface area contributed by atoms with Gasteiger partial charge in [-0.1, -0.05) is 12.8 Å². The standard InChI is InChI=1S/C25H31N5O4/c1-34-20-8-6-18(7-9-20)25(33)30-14-10-19(11-15-30)28-24(32)22-23(27-13-12-26-22)29-21(31)16-17-4-2-3-5-17/h6-9,12-13,17,19H,2-5,10-11,14-16H2,1H3,(H,28,32)(H,27,29,31). The van der Waals surface area contributed by atoms with Crippen LogP contribution in [-0.2, 0) is 4.79 Å². The van der Waals surface area contributed by atoms with Gasteiger partial charge in [-0.15, -0.1) is 0 Å². The van der Waals surface area contributed by atoms with Crippen molar-refractivity contribution in [2.24, 2.45) is 5.92 Å². The smallest absolute Gasteiger partial charge is 0.273 e. The van der Waals surface area contributed by atoms with E-state index in [-0.39, 0.29) is 35.3 Å². The van der Waals surface area contributed by atoms with Crippen molar-refractivity contribution < 1.29 is 19.1 Å². The number of carbonyl (C=O) groups excluding carboxylic acids is 3. The van der Waals surface area contributed by atoms with Crippen LogP contribution in [0.2, 0.25) is 0 Å². The van der Waals surface area contributed by atoms with Gasteiger partial charge in [0, 0.05) is 43.5 Å². The van der Waals surface area contributed by atoms with Crippen molar-refractivity contribution in [2.75, 3.05) is 25.5 Å². The minimum atomic E-state index is -0.371. The summed E-state index contributed by atoms with van der Waals surface area (Å²) >= 11 is 0. The summed E-state index contributed by atoms with van der Waals surface area (Å²) in [6.07, 6.45) is 9.10. The molecule has 0 spiro atoms. The van der Waals surface area contributed by atoms with E-state index in [0.29, 0.717) is 49.6 Å². The van der Waals surface area contributed by atoms with Gasteiger partial charge in [0.1, 0.15) is 5.75 Å². The van der Waals surface area contributed by atoms with E-state index < -0.39 is 0 Å².